The Morgan fingerprint density at radius 2 is 2.03 bits per heavy atom. The molecule has 2 aliphatic rings. The summed E-state index contributed by atoms with van der Waals surface area (Å²) in [6, 6.07) is 9.78. The molecule has 0 N–H and O–H groups in total. The highest BCUT2D eigenvalue weighted by Crippen LogP contribution is 2.30. The zero-order valence-electron chi connectivity index (χ0n) is 16.1. The average molecular weight is 403 g/mol. The normalized spacial score (nSPS) is 18.6. The smallest absolute Gasteiger partial charge is 0.257 e. The third kappa shape index (κ3) is 4.44. The van der Waals surface area contributed by atoms with E-state index >= 15 is 0 Å². The van der Waals surface area contributed by atoms with Crippen LogP contribution in [-0.4, -0.2) is 57.1 Å². The highest BCUT2D eigenvalue weighted by molar-refractivity contribution is 5.97. The van der Waals surface area contributed by atoms with E-state index < -0.39 is 5.82 Å². The van der Waals surface area contributed by atoms with Gasteiger partial charge in [-0.3, -0.25) is 4.79 Å². The lowest BCUT2D eigenvalue weighted by molar-refractivity contribution is -0.0408. The molecule has 2 heterocycles. The number of morpholine rings is 1. The summed E-state index contributed by atoms with van der Waals surface area (Å²) < 4.78 is 41.3. The van der Waals surface area contributed by atoms with Crippen LogP contribution >= 0.6 is 0 Å². The van der Waals surface area contributed by atoms with Crippen LogP contribution in [0.1, 0.15) is 15.9 Å². The monoisotopic (exact) mass is 403 g/mol. The fraction of sp³-hybridized carbons (Fsp3) is 0.381. The summed E-state index contributed by atoms with van der Waals surface area (Å²) in [6.07, 6.45) is -0.288. The van der Waals surface area contributed by atoms with Crippen molar-refractivity contribution >= 4 is 5.91 Å². The molecule has 7 nitrogen and oxygen atoms in total. The van der Waals surface area contributed by atoms with Crippen LogP contribution in [0.3, 0.4) is 0 Å². The van der Waals surface area contributed by atoms with E-state index in [4.69, 9.17) is 23.7 Å². The van der Waals surface area contributed by atoms with E-state index in [-0.39, 0.29) is 31.0 Å². The zero-order chi connectivity index (χ0) is 20.2. The van der Waals surface area contributed by atoms with Crippen molar-refractivity contribution in [3.8, 4) is 17.2 Å². The van der Waals surface area contributed by atoms with E-state index in [2.05, 4.69) is 0 Å². The Hall–Kier alpha value is -2.84. The number of carbonyl (C=O) groups excluding carboxylic acids is 1. The van der Waals surface area contributed by atoms with Crippen molar-refractivity contribution in [3.63, 3.8) is 0 Å². The molecule has 1 unspecified atom stereocenters. The van der Waals surface area contributed by atoms with Crippen LogP contribution in [0.5, 0.6) is 17.2 Å². The average Bonchev–Trinajstić information content (AvgIpc) is 2.77. The maximum atomic E-state index is 14.0. The molecule has 1 atom stereocenters. The molecule has 0 radical (unpaired) electrons. The van der Waals surface area contributed by atoms with Crippen molar-refractivity contribution < 1.29 is 32.9 Å². The van der Waals surface area contributed by atoms with Gasteiger partial charge in [-0.2, -0.15) is 0 Å². The van der Waals surface area contributed by atoms with E-state index in [0.717, 1.165) is 5.75 Å². The Morgan fingerprint density at radius 1 is 1.24 bits per heavy atom. The van der Waals surface area contributed by atoms with Gasteiger partial charge in [0, 0.05) is 12.1 Å². The molecule has 8 heteroatoms. The Labute approximate surface area is 167 Å². The predicted octanol–water partition coefficient (Wildman–Crippen LogP) is 2.62. The van der Waals surface area contributed by atoms with Crippen LogP contribution < -0.4 is 14.2 Å². The standard InChI is InChI=1S/C21H22FNO6/c1-25-16-2-4-17(5-3-16)28-12-18-10-23(6-7-27-18)21(24)19-9-15(22)8-14-11-26-13-29-20(14)19/h2-5,8-9,18H,6-7,10-13H2,1H3. The number of rotatable bonds is 5. The van der Waals surface area contributed by atoms with Crippen LogP contribution in [0.2, 0.25) is 0 Å². The Kier molecular flexibility index (Phi) is 5.82. The van der Waals surface area contributed by atoms with Gasteiger partial charge in [0.2, 0.25) is 0 Å². The van der Waals surface area contributed by atoms with Gasteiger partial charge in [0.15, 0.2) is 6.79 Å². The SMILES string of the molecule is COc1ccc(OCC2CN(C(=O)c3cc(F)cc4c3OCOC4)CCO2)cc1. The van der Waals surface area contributed by atoms with Crippen molar-refractivity contribution in [2.45, 2.75) is 12.7 Å². The maximum Gasteiger partial charge on any atom is 0.257 e. The number of hydrogen-bond donors (Lipinski definition) is 0. The second kappa shape index (κ2) is 8.67. The van der Waals surface area contributed by atoms with Crippen LogP contribution in [0.4, 0.5) is 4.39 Å². The Bertz CT molecular complexity index is 872. The van der Waals surface area contributed by atoms with Crippen LogP contribution in [0.15, 0.2) is 36.4 Å². The summed E-state index contributed by atoms with van der Waals surface area (Å²) in [4.78, 5) is 14.7. The first-order valence-corrected chi connectivity index (χ1v) is 9.34. The number of methoxy groups -OCH3 is 1. The molecule has 2 aromatic rings. The highest BCUT2D eigenvalue weighted by atomic mass is 19.1. The first-order valence-electron chi connectivity index (χ1n) is 9.34. The molecular weight excluding hydrogens is 381 g/mol. The fourth-order valence-corrected chi connectivity index (χ4v) is 3.37. The van der Waals surface area contributed by atoms with Crippen molar-refractivity contribution in [1.29, 1.82) is 0 Å². The second-order valence-corrected chi connectivity index (χ2v) is 6.78. The van der Waals surface area contributed by atoms with E-state index in [1.165, 1.54) is 12.1 Å². The lowest BCUT2D eigenvalue weighted by atomic mass is 10.1. The van der Waals surface area contributed by atoms with Gasteiger partial charge in [-0.15, -0.1) is 0 Å². The van der Waals surface area contributed by atoms with Gasteiger partial charge >= 0.3 is 0 Å². The molecule has 154 valence electrons. The second-order valence-electron chi connectivity index (χ2n) is 6.78. The molecule has 0 aliphatic carbocycles. The molecule has 4 rings (SSSR count). The molecule has 0 spiro atoms. The minimum atomic E-state index is -0.492. The number of benzene rings is 2. The van der Waals surface area contributed by atoms with Crippen molar-refractivity contribution in [2.75, 3.05) is 40.2 Å². The van der Waals surface area contributed by atoms with Gasteiger partial charge < -0.3 is 28.6 Å². The van der Waals surface area contributed by atoms with E-state index in [0.29, 0.717) is 43.4 Å². The minimum Gasteiger partial charge on any atom is -0.497 e. The summed E-state index contributed by atoms with van der Waals surface area (Å²) >= 11 is 0. The van der Waals surface area contributed by atoms with Gasteiger partial charge in [0.25, 0.3) is 5.91 Å². The fourth-order valence-electron chi connectivity index (χ4n) is 3.37. The number of nitrogens with zero attached hydrogens (tertiary/aromatic N) is 1. The molecule has 2 aliphatic heterocycles. The summed E-state index contributed by atoms with van der Waals surface area (Å²) in [6.45, 7) is 1.69. The first kappa shape index (κ1) is 19.5. The van der Waals surface area contributed by atoms with Crippen LogP contribution in [0, 0.1) is 5.82 Å². The van der Waals surface area contributed by atoms with E-state index in [1.807, 2.05) is 24.3 Å². The summed E-state index contributed by atoms with van der Waals surface area (Å²) in [5, 5.41) is 0. The van der Waals surface area contributed by atoms with Gasteiger partial charge in [-0.25, -0.2) is 4.39 Å². The topological polar surface area (TPSA) is 66.5 Å². The largest absolute Gasteiger partial charge is 0.497 e. The molecule has 1 fully saturated rings. The molecule has 0 bridgehead atoms. The third-order valence-electron chi connectivity index (χ3n) is 4.83. The highest BCUT2D eigenvalue weighted by Gasteiger charge is 2.29. The van der Waals surface area contributed by atoms with Crippen LogP contribution in [0.25, 0.3) is 0 Å². The lowest BCUT2D eigenvalue weighted by Crippen LogP contribution is -2.47. The van der Waals surface area contributed by atoms with Crippen molar-refractivity contribution in [1.82, 2.24) is 4.90 Å². The Morgan fingerprint density at radius 3 is 2.83 bits per heavy atom. The summed E-state index contributed by atoms with van der Waals surface area (Å²) in [5.74, 6) is 1.04. The van der Waals surface area contributed by atoms with Crippen molar-refractivity contribution in [3.05, 3.63) is 53.3 Å². The maximum absolute atomic E-state index is 14.0. The molecule has 2 aromatic carbocycles. The predicted molar refractivity (Wildman–Crippen MR) is 101 cm³/mol. The minimum absolute atomic E-state index is 0.0420. The molecular formula is C21H22FNO6. The van der Waals surface area contributed by atoms with Gasteiger partial charge in [0.05, 0.1) is 32.4 Å². The molecule has 29 heavy (non-hydrogen) atoms. The Balaban J connectivity index is 1.41. The quantitative estimate of drug-likeness (QED) is 0.765. The lowest BCUT2D eigenvalue weighted by Gasteiger charge is -2.33. The molecule has 1 saturated heterocycles. The van der Waals surface area contributed by atoms with Gasteiger partial charge in [0.1, 0.15) is 35.8 Å². The van der Waals surface area contributed by atoms with Gasteiger partial charge in [-0.1, -0.05) is 0 Å². The number of fused-ring (bicyclic) bond motifs is 1. The van der Waals surface area contributed by atoms with Gasteiger partial charge in [-0.05, 0) is 36.4 Å². The number of halogens is 1. The summed E-state index contributed by atoms with van der Waals surface area (Å²) in [5.41, 5.74) is 0.743. The van der Waals surface area contributed by atoms with E-state index in [9.17, 15) is 9.18 Å². The zero-order valence-corrected chi connectivity index (χ0v) is 16.1. The first-order chi connectivity index (χ1) is 14.1. The number of amides is 1. The molecule has 0 saturated carbocycles. The van der Waals surface area contributed by atoms with Crippen molar-refractivity contribution in [2.24, 2.45) is 0 Å². The number of carbonyl (C=O) groups is 1. The third-order valence-corrected chi connectivity index (χ3v) is 4.83. The summed E-state index contributed by atoms with van der Waals surface area (Å²) in [7, 11) is 1.60. The number of ether oxygens (including phenoxy) is 5. The molecule has 1 amide bonds. The molecule has 0 aromatic heterocycles. The van der Waals surface area contributed by atoms with E-state index in [1.54, 1.807) is 12.0 Å². The van der Waals surface area contributed by atoms with Crippen LogP contribution in [-0.2, 0) is 16.1 Å². The number of hydrogen-bond acceptors (Lipinski definition) is 6.